The average Bonchev–Trinajstić information content (AvgIpc) is 2.34. The van der Waals surface area contributed by atoms with Crippen molar-refractivity contribution in [2.75, 3.05) is 6.61 Å². The molecule has 4 N–H and O–H groups in total. The fraction of sp³-hybridized carbons (Fsp3) is 0.833. The first-order chi connectivity index (χ1) is 8.43. The van der Waals surface area contributed by atoms with E-state index in [0.717, 1.165) is 12.8 Å². The van der Waals surface area contributed by atoms with E-state index in [1.54, 1.807) is 6.92 Å². The Bertz CT molecular complexity index is 271. The molecule has 0 saturated heterocycles. The lowest BCUT2D eigenvalue weighted by atomic mass is 10.0. The van der Waals surface area contributed by atoms with E-state index in [1.807, 2.05) is 6.92 Å². The molecule has 3 atom stereocenters. The maximum absolute atomic E-state index is 11.6. The van der Waals surface area contributed by atoms with Crippen LogP contribution in [0.5, 0.6) is 0 Å². The van der Waals surface area contributed by atoms with E-state index >= 15 is 0 Å². The van der Waals surface area contributed by atoms with Gasteiger partial charge in [-0.2, -0.15) is 0 Å². The number of esters is 1. The maximum atomic E-state index is 11.6. The topological polar surface area (TPSA) is 102 Å². The zero-order chi connectivity index (χ0) is 14.1. The second-order valence-electron chi connectivity index (χ2n) is 4.23. The number of rotatable bonds is 8. The van der Waals surface area contributed by atoms with Crippen molar-refractivity contribution in [3.05, 3.63) is 0 Å². The van der Waals surface area contributed by atoms with Crippen molar-refractivity contribution in [3.63, 3.8) is 0 Å². The monoisotopic (exact) mass is 260 g/mol. The molecule has 0 aliphatic carbocycles. The number of nitrogens with one attached hydrogen (secondary N) is 1. The number of aliphatic hydroxyl groups is 1. The Balaban J connectivity index is 4.18. The minimum atomic E-state index is -1.30. The Morgan fingerprint density at radius 1 is 1.39 bits per heavy atom. The van der Waals surface area contributed by atoms with Crippen molar-refractivity contribution in [1.29, 1.82) is 0 Å². The highest BCUT2D eigenvalue weighted by molar-refractivity contribution is 5.87. The number of hydrogen-bond acceptors (Lipinski definition) is 5. The number of amides is 1. The normalized spacial score (nSPS) is 15.6. The number of carbonyl (C=O) groups is 2. The lowest BCUT2D eigenvalue weighted by Gasteiger charge is -2.20. The summed E-state index contributed by atoms with van der Waals surface area (Å²) in [7, 11) is 0. The molecule has 0 rings (SSSR count). The van der Waals surface area contributed by atoms with Crippen LogP contribution in [-0.2, 0) is 14.3 Å². The Labute approximate surface area is 108 Å². The molecule has 1 amide bonds. The molecule has 0 spiro atoms. The summed E-state index contributed by atoms with van der Waals surface area (Å²) in [5, 5.41) is 12.1. The predicted molar refractivity (Wildman–Crippen MR) is 67.7 cm³/mol. The molecule has 0 radical (unpaired) electrons. The third-order valence-electron chi connectivity index (χ3n) is 2.56. The molecule has 0 aliphatic heterocycles. The summed E-state index contributed by atoms with van der Waals surface area (Å²) in [6.07, 6.45) is 1.06. The number of unbranched alkanes of at least 4 members (excludes halogenated alkanes) is 1. The van der Waals surface area contributed by atoms with Crippen LogP contribution in [0.2, 0.25) is 0 Å². The molecule has 6 nitrogen and oxygen atoms in total. The van der Waals surface area contributed by atoms with Gasteiger partial charge in [0, 0.05) is 6.04 Å². The summed E-state index contributed by atoms with van der Waals surface area (Å²) >= 11 is 0. The van der Waals surface area contributed by atoms with Crippen LogP contribution in [-0.4, -0.2) is 41.8 Å². The summed E-state index contributed by atoms with van der Waals surface area (Å²) in [6, 6.07) is -1.40. The van der Waals surface area contributed by atoms with Gasteiger partial charge >= 0.3 is 5.97 Å². The smallest absolute Gasteiger partial charge is 0.328 e. The quantitative estimate of drug-likeness (QED) is 0.530. The van der Waals surface area contributed by atoms with E-state index in [-0.39, 0.29) is 6.61 Å². The highest BCUT2D eigenvalue weighted by Crippen LogP contribution is 2.03. The lowest BCUT2D eigenvalue weighted by molar-refractivity contribution is -0.148. The van der Waals surface area contributed by atoms with E-state index in [9.17, 15) is 14.7 Å². The maximum Gasteiger partial charge on any atom is 0.328 e. The van der Waals surface area contributed by atoms with Crippen LogP contribution in [0, 0.1) is 0 Å². The van der Waals surface area contributed by atoms with Gasteiger partial charge in [0.25, 0.3) is 5.91 Å². The molecule has 0 aromatic rings. The van der Waals surface area contributed by atoms with Crippen LogP contribution < -0.4 is 11.1 Å². The van der Waals surface area contributed by atoms with Crippen molar-refractivity contribution in [3.8, 4) is 0 Å². The van der Waals surface area contributed by atoms with E-state index in [0.29, 0.717) is 6.42 Å². The van der Waals surface area contributed by atoms with Crippen molar-refractivity contribution in [2.45, 2.75) is 58.2 Å². The minimum Gasteiger partial charge on any atom is -0.464 e. The third-order valence-corrected chi connectivity index (χ3v) is 2.56. The fourth-order valence-corrected chi connectivity index (χ4v) is 1.42. The molecule has 2 unspecified atom stereocenters. The van der Waals surface area contributed by atoms with Gasteiger partial charge < -0.3 is 20.9 Å². The molecule has 0 aromatic carbocycles. The van der Waals surface area contributed by atoms with Gasteiger partial charge in [-0.15, -0.1) is 0 Å². The van der Waals surface area contributed by atoms with Gasteiger partial charge in [-0.05, 0) is 20.3 Å². The average molecular weight is 260 g/mol. The number of aliphatic hydroxyl groups excluding tert-OH is 1. The fourth-order valence-electron chi connectivity index (χ4n) is 1.42. The number of carbonyl (C=O) groups excluding carboxylic acids is 2. The molecule has 0 fully saturated rings. The molecule has 0 aliphatic rings. The van der Waals surface area contributed by atoms with E-state index in [2.05, 4.69) is 5.32 Å². The molecule has 18 heavy (non-hydrogen) atoms. The van der Waals surface area contributed by atoms with Crippen molar-refractivity contribution in [2.24, 2.45) is 5.73 Å². The Hall–Kier alpha value is -1.14. The second-order valence-corrected chi connectivity index (χ2v) is 4.23. The molecule has 0 saturated carbocycles. The van der Waals surface area contributed by atoms with Gasteiger partial charge in [0.05, 0.1) is 6.61 Å². The van der Waals surface area contributed by atoms with Crippen molar-refractivity contribution >= 4 is 11.9 Å². The van der Waals surface area contributed by atoms with Gasteiger partial charge in [0.2, 0.25) is 0 Å². The van der Waals surface area contributed by atoms with Gasteiger partial charge in [-0.3, -0.25) is 4.79 Å². The summed E-state index contributed by atoms with van der Waals surface area (Å²) < 4.78 is 4.74. The Morgan fingerprint density at radius 3 is 2.50 bits per heavy atom. The van der Waals surface area contributed by atoms with Crippen LogP contribution in [0.15, 0.2) is 0 Å². The minimum absolute atomic E-state index is 0.248. The summed E-state index contributed by atoms with van der Waals surface area (Å²) in [4.78, 5) is 22.9. The SMILES string of the molecule is CCCC[C@@H](N)C(O)C(=O)NC(C)C(=O)OCC. The van der Waals surface area contributed by atoms with Gasteiger partial charge in [0.15, 0.2) is 0 Å². The third kappa shape index (κ3) is 5.97. The van der Waals surface area contributed by atoms with Gasteiger partial charge in [-0.25, -0.2) is 4.79 Å². The zero-order valence-electron chi connectivity index (χ0n) is 11.3. The first-order valence-corrected chi connectivity index (χ1v) is 6.34. The van der Waals surface area contributed by atoms with Crippen molar-refractivity contribution in [1.82, 2.24) is 5.32 Å². The van der Waals surface area contributed by atoms with E-state index < -0.39 is 30.1 Å². The summed E-state index contributed by atoms with van der Waals surface area (Å²) in [5.41, 5.74) is 5.69. The van der Waals surface area contributed by atoms with Gasteiger partial charge in [0.1, 0.15) is 12.1 Å². The first-order valence-electron chi connectivity index (χ1n) is 6.34. The highest BCUT2D eigenvalue weighted by atomic mass is 16.5. The van der Waals surface area contributed by atoms with Gasteiger partial charge in [-0.1, -0.05) is 19.8 Å². The lowest BCUT2D eigenvalue weighted by Crippen LogP contribution is -2.50. The molecular weight excluding hydrogens is 236 g/mol. The molecule has 0 heterocycles. The van der Waals surface area contributed by atoms with Crippen LogP contribution in [0.1, 0.15) is 40.0 Å². The molecule has 6 heteroatoms. The van der Waals surface area contributed by atoms with E-state index in [1.165, 1.54) is 6.92 Å². The van der Waals surface area contributed by atoms with Crippen LogP contribution in [0.4, 0.5) is 0 Å². The number of ether oxygens (including phenoxy) is 1. The standard InChI is InChI=1S/C12H24N2O4/c1-4-6-7-9(13)10(15)11(16)14-8(3)12(17)18-5-2/h8-10,15H,4-7,13H2,1-3H3,(H,14,16)/t8?,9-,10?/m1/s1. The molecule has 0 aromatic heterocycles. The largest absolute Gasteiger partial charge is 0.464 e. The Kier molecular flexibility index (Phi) is 8.32. The van der Waals surface area contributed by atoms with Crippen LogP contribution >= 0.6 is 0 Å². The molecule has 106 valence electrons. The number of hydrogen-bond donors (Lipinski definition) is 3. The van der Waals surface area contributed by atoms with Crippen LogP contribution in [0.3, 0.4) is 0 Å². The summed E-state index contributed by atoms with van der Waals surface area (Å²) in [5.74, 6) is -1.17. The molecule has 0 bridgehead atoms. The Morgan fingerprint density at radius 2 is 2.00 bits per heavy atom. The predicted octanol–water partition coefficient (Wildman–Crippen LogP) is -0.0674. The summed E-state index contributed by atoms with van der Waals surface area (Å²) in [6.45, 7) is 5.43. The highest BCUT2D eigenvalue weighted by Gasteiger charge is 2.25. The van der Waals surface area contributed by atoms with Crippen molar-refractivity contribution < 1.29 is 19.4 Å². The van der Waals surface area contributed by atoms with Crippen LogP contribution in [0.25, 0.3) is 0 Å². The second kappa shape index (κ2) is 8.88. The zero-order valence-corrected chi connectivity index (χ0v) is 11.3. The van der Waals surface area contributed by atoms with E-state index in [4.69, 9.17) is 10.5 Å². The number of nitrogens with two attached hydrogens (primary N) is 1. The molecular formula is C12H24N2O4. The first kappa shape index (κ1) is 16.9.